The van der Waals surface area contributed by atoms with Crippen molar-refractivity contribution >= 4 is 23.2 Å². The third kappa shape index (κ3) is 6.45. The molecule has 1 aromatic rings. The van der Waals surface area contributed by atoms with Crippen molar-refractivity contribution in [2.24, 2.45) is 5.73 Å². The fraction of sp³-hybridized carbons (Fsp3) is 0.348. The Hall–Kier alpha value is -3.15. The highest BCUT2D eigenvalue weighted by atomic mass is 16.5. The van der Waals surface area contributed by atoms with E-state index in [9.17, 15) is 14.4 Å². The van der Waals surface area contributed by atoms with E-state index < -0.39 is 23.6 Å². The van der Waals surface area contributed by atoms with E-state index in [-0.39, 0.29) is 0 Å². The molecule has 0 fully saturated rings. The van der Waals surface area contributed by atoms with Crippen LogP contribution in [0, 0.1) is 0 Å². The Kier molecular flexibility index (Phi) is 8.40. The first-order valence-corrected chi connectivity index (χ1v) is 9.81. The van der Waals surface area contributed by atoms with Gasteiger partial charge in [-0.15, -0.1) is 0 Å². The Labute approximate surface area is 171 Å². The number of nitrogens with two attached hydrogens (primary N) is 1. The molecule has 2 rings (SSSR count). The number of rotatable bonds is 3. The first-order chi connectivity index (χ1) is 13.9. The van der Waals surface area contributed by atoms with Crippen LogP contribution in [0.5, 0.6) is 0 Å². The van der Waals surface area contributed by atoms with E-state index >= 15 is 0 Å². The van der Waals surface area contributed by atoms with Crippen molar-refractivity contribution in [3.8, 4) is 0 Å². The van der Waals surface area contributed by atoms with Crippen LogP contribution in [0.4, 0.5) is 0 Å². The van der Waals surface area contributed by atoms with Crippen LogP contribution in [0.1, 0.15) is 54.9 Å². The average molecular weight is 396 g/mol. The molecule has 154 valence electrons. The van der Waals surface area contributed by atoms with Gasteiger partial charge in [0, 0.05) is 5.56 Å². The van der Waals surface area contributed by atoms with Gasteiger partial charge in [-0.3, -0.25) is 14.4 Å². The predicted molar refractivity (Wildman–Crippen MR) is 113 cm³/mol. The van der Waals surface area contributed by atoms with Gasteiger partial charge in [-0.25, -0.2) is 0 Å². The second-order valence-corrected chi connectivity index (χ2v) is 6.98. The van der Waals surface area contributed by atoms with Gasteiger partial charge in [0.1, 0.15) is 5.76 Å². The lowest BCUT2D eigenvalue weighted by Crippen LogP contribution is -2.46. The number of nitrogens with one attached hydrogen (secondary N) is 1. The molecule has 1 aliphatic rings. The predicted octanol–water partition coefficient (Wildman–Crippen LogP) is 3.29. The third-order valence-electron chi connectivity index (χ3n) is 4.76. The number of carbonyl (C=O) groups is 3. The summed E-state index contributed by atoms with van der Waals surface area (Å²) in [5, 5.41) is 2.70. The average Bonchev–Trinajstić information content (AvgIpc) is 2.71. The first-order valence-electron chi connectivity index (χ1n) is 9.81. The number of carbonyl (C=O) groups excluding carboxylic acids is 3. The summed E-state index contributed by atoms with van der Waals surface area (Å²) >= 11 is 0. The van der Waals surface area contributed by atoms with Crippen LogP contribution in [0.2, 0.25) is 0 Å². The Morgan fingerprint density at radius 2 is 1.86 bits per heavy atom. The lowest BCUT2D eigenvalue weighted by atomic mass is 9.98. The van der Waals surface area contributed by atoms with E-state index in [0.717, 1.165) is 24.8 Å². The maximum atomic E-state index is 12.9. The van der Waals surface area contributed by atoms with Crippen molar-refractivity contribution < 1.29 is 19.1 Å². The molecule has 0 aliphatic carbocycles. The molecule has 1 atom stereocenters. The van der Waals surface area contributed by atoms with Crippen molar-refractivity contribution in [3.05, 3.63) is 66.0 Å². The molecule has 0 spiro atoms. The molecule has 6 nitrogen and oxygen atoms in total. The molecular formula is C23H28N2O4. The molecule has 0 radical (unpaired) electrons. The first kappa shape index (κ1) is 22.1. The van der Waals surface area contributed by atoms with E-state index in [1.54, 1.807) is 24.3 Å². The van der Waals surface area contributed by atoms with Crippen molar-refractivity contribution in [1.29, 1.82) is 0 Å². The molecule has 1 heterocycles. The molecule has 6 heteroatoms. The fourth-order valence-corrected chi connectivity index (χ4v) is 3.24. The minimum atomic E-state index is -1.04. The summed E-state index contributed by atoms with van der Waals surface area (Å²) in [5.74, 6) is -1.56. The second-order valence-electron chi connectivity index (χ2n) is 6.98. The largest absolute Gasteiger partial charge is 0.494 e. The molecule has 0 bridgehead atoms. The van der Waals surface area contributed by atoms with E-state index in [2.05, 4.69) is 11.9 Å². The monoisotopic (exact) mass is 396 g/mol. The lowest BCUT2D eigenvalue weighted by Gasteiger charge is -2.17. The van der Waals surface area contributed by atoms with E-state index in [0.29, 0.717) is 36.3 Å². The molecule has 2 amide bonds. The van der Waals surface area contributed by atoms with Gasteiger partial charge in [0.25, 0.3) is 11.8 Å². The molecule has 1 unspecified atom stereocenters. The molecule has 1 aliphatic heterocycles. The van der Waals surface area contributed by atoms with Gasteiger partial charge in [-0.1, -0.05) is 50.1 Å². The molecule has 0 saturated carbocycles. The highest BCUT2D eigenvalue weighted by Crippen LogP contribution is 2.22. The second kappa shape index (κ2) is 11.0. The van der Waals surface area contributed by atoms with E-state index in [1.165, 1.54) is 0 Å². The van der Waals surface area contributed by atoms with Crippen LogP contribution in [0.15, 0.2) is 54.8 Å². The van der Waals surface area contributed by atoms with Crippen LogP contribution < -0.4 is 11.1 Å². The van der Waals surface area contributed by atoms with Gasteiger partial charge in [-0.2, -0.15) is 0 Å². The molecule has 3 N–H and O–H groups in total. The van der Waals surface area contributed by atoms with Gasteiger partial charge < -0.3 is 15.8 Å². The maximum absolute atomic E-state index is 12.9. The number of hydrogen-bond acceptors (Lipinski definition) is 4. The lowest BCUT2D eigenvalue weighted by molar-refractivity contribution is -0.137. The Bertz CT molecular complexity index is 839. The molecular weight excluding hydrogens is 368 g/mol. The maximum Gasteiger partial charge on any atom is 0.287 e. The zero-order chi connectivity index (χ0) is 21.2. The van der Waals surface area contributed by atoms with Gasteiger partial charge in [0.2, 0.25) is 5.78 Å². The molecule has 0 saturated heterocycles. The van der Waals surface area contributed by atoms with Crippen LogP contribution >= 0.6 is 0 Å². The topological polar surface area (TPSA) is 98.5 Å². The Morgan fingerprint density at radius 1 is 1.17 bits per heavy atom. The number of ketones is 1. The van der Waals surface area contributed by atoms with Crippen LogP contribution in [0.25, 0.3) is 5.57 Å². The minimum absolute atomic E-state index is 0.368. The van der Waals surface area contributed by atoms with Crippen molar-refractivity contribution in [1.82, 2.24) is 5.32 Å². The summed E-state index contributed by atoms with van der Waals surface area (Å²) in [6.45, 7) is 6.17. The summed E-state index contributed by atoms with van der Waals surface area (Å²) in [6.07, 6.45) is 8.99. The Balaban J connectivity index is 2.43. The summed E-state index contributed by atoms with van der Waals surface area (Å²) in [6, 6.07) is 6.18. The van der Waals surface area contributed by atoms with Gasteiger partial charge >= 0.3 is 0 Å². The van der Waals surface area contributed by atoms with Crippen LogP contribution in [-0.4, -0.2) is 30.2 Å². The van der Waals surface area contributed by atoms with Crippen molar-refractivity contribution in [3.63, 3.8) is 0 Å². The summed E-state index contributed by atoms with van der Waals surface area (Å²) < 4.78 is 5.86. The van der Waals surface area contributed by atoms with Gasteiger partial charge in [-0.05, 0) is 49.1 Å². The number of hydrogen-bond donors (Lipinski definition) is 2. The standard InChI is InChI=1S/C23H28N2O4/c1-3-10-17-15-16(2)18-11-7-8-12-19(18)23(28)25-20(21(26)22(24)27)13-6-4-5-9-14-29-17/h3,7-8,10-12,15,20H,1,4-6,9,13-14H2,2H3,(H2,24,27)(H,25,28)/b16-15+,17-10+. The summed E-state index contributed by atoms with van der Waals surface area (Å²) in [4.78, 5) is 36.5. The molecule has 0 aromatic heterocycles. The number of allylic oxidation sites excluding steroid dienone is 4. The zero-order valence-corrected chi connectivity index (χ0v) is 16.8. The highest BCUT2D eigenvalue weighted by Gasteiger charge is 2.26. The third-order valence-corrected chi connectivity index (χ3v) is 4.76. The van der Waals surface area contributed by atoms with Crippen molar-refractivity contribution in [2.45, 2.75) is 45.1 Å². The molecule has 29 heavy (non-hydrogen) atoms. The quantitative estimate of drug-likeness (QED) is 0.766. The number of ether oxygens (including phenoxy) is 1. The number of benzene rings is 1. The van der Waals surface area contributed by atoms with Gasteiger partial charge in [0.15, 0.2) is 0 Å². The normalized spacial score (nSPS) is 22.0. The number of fused-ring (bicyclic) bond motifs is 1. The van der Waals surface area contributed by atoms with E-state index in [4.69, 9.17) is 10.5 Å². The minimum Gasteiger partial charge on any atom is -0.494 e. The summed E-state index contributed by atoms with van der Waals surface area (Å²) in [5.41, 5.74) is 7.13. The fourth-order valence-electron chi connectivity index (χ4n) is 3.24. The van der Waals surface area contributed by atoms with Crippen molar-refractivity contribution in [2.75, 3.05) is 6.61 Å². The molecule has 1 aromatic carbocycles. The summed E-state index contributed by atoms with van der Waals surface area (Å²) in [7, 11) is 0. The zero-order valence-electron chi connectivity index (χ0n) is 16.8. The smallest absolute Gasteiger partial charge is 0.287 e. The highest BCUT2D eigenvalue weighted by molar-refractivity contribution is 6.38. The van der Waals surface area contributed by atoms with E-state index in [1.807, 2.05) is 25.1 Å². The number of primary amides is 1. The SMILES string of the molecule is C=C/C=C1\C=C(/C)c2ccccc2C(=O)NC(C(=O)C(N)=O)CCCCCCO1. The Morgan fingerprint density at radius 3 is 2.55 bits per heavy atom. The number of Topliss-reactive ketones (excluding diaryl/α,β-unsaturated/α-hetero) is 1. The van der Waals surface area contributed by atoms with Crippen LogP contribution in [0.3, 0.4) is 0 Å². The van der Waals surface area contributed by atoms with Crippen LogP contribution in [-0.2, 0) is 14.3 Å². The van der Waals surface area contributed by atoms with Gasteiger partial charge in [0.05, 0.1) is 12.6 Å². The number of amides is 2.